The van der Waals surface area contributed by atoms with Crippen molar-refractivity contribution in [1.29, 1.82) is 0 Å². The Hall–Kier alpha value is -2.97. The average Bonchev–Trinajstić information content (AvgIpc) is 3.81. The van der Waals surface area contributed by atoms with Gasteiger partial charge in [0, 0.05) is 46.2 Å². The van der Waals surface area contributed by atoms with Gasteiger partial charge in [0.2, 0.25) is 0 Å². The van der Waals surface area contributed by atoms with Crippen molar-refractivity contribution in [3.05, 3.63) is 85.4 Å². The van der Waals surface area contributed by atoms with Crippen LogP contribution in [0.2, 0.25) is 15.1 Å². The number of carbonyl (C=O) groups excluding carboxylic acids is 1. The number of hydrogen-bond donors (Lipinski definition) is 1. The fraction of sp³-hybridized carbons (Fsp3) is 0.344. The summed E-state index contributed by atoms with van der Waals surface area (Å²) >= 11 is 18.7. The second kappa shape index (κ2) is 11.6. The molecule has 1 fully saturated rings. The fourth-order valence-electron chi connectivity index (χ4n) is 5.68. The molecule has 3 heterocycles. The number of pyridine rings is 2. The first-order valence-electron chi connectivity index (χ1n) is 13.8. The predicted molar refractivity (Wildman–Crippen MR) is 164 cm³/mol. The summed E-state index contributed by atoms with van der Waals surface area (Å²) in [5.74, 6) is 0.134. The van der Waals surface area contributed by atoms with Crippen LogP contribution in [0, 0.1) is 18.7 Å². The van der Waals surface area contributed by atoms with Crippen LogP contribution in [0.5, 0.6) is 5.75 Å². The highest BCUT2D eigenvalue weighted by Crippen LogP contribution is 2.44. The van der Waals surface area contributed by atoms with E-state index in [2.05, 4.69) is 23.3 Å². The number of hydrogen-bond acceptors (Lipinski definition) is 5. The number of carbonyl (C=O) groups is 1. The molecule has 0 saturated heterocycles. The molecular formula is C32H29Cl3FN3O3. The largest absolute Gasteiger partial charge is 0.494 e. The molecule has 4 aromatic rings. The Morgan fingerprint density at radius 1 is 1.10 bits per heavy atom. The van der Waals surface area contributed by atoms with Crippen LogP contribution in [0.1, 0.15) is 64.5 Å². The zero-order valence-corrected chi connectivity index (χ0v) is 25.6. The van der Waals surface area contributed by atoms with Crippen molar-refractivity contribution in [2.75, 3.05) is 20.3 Å². The van der Waals surface area contributed by atoms with Crippen molar-refractivity contribution in [3.8, 4) is 17.0 Å². The average molecular weight is 629 g/mol. The number of rotatable bonds is 7. The third-order valence-electron chi connectivity index (χ3n) is 8.13. The van der Waals surface area contributed by atoms with Crippen LogP contribution in [0.3, 0.4) is 0 Å². The van der Waals surface area contributed by atoms with Gasteiger partial charge in [-0.15, -0.1) is 0 Å². The van der Waals surface area contributed by atoms with Gasteiger partial charge in [-0.05, 0) is 67.6 Å². The van der Waals surface area contributed by atoms with Crippen molar-refractivity contribution in [1.82, 2.24) is 15.3 Å². The van der Waals surface area contributed by atoms with Gasteiger partial charge in [-0.2, -0.15) is 0 Å². The molecule has 2 aromatic heterocycles. The molecule has 42 heavy (non-hydrogen) atoms. The molecule has 2 unspecified atom stereocenters. The number of nitrogens with one attached hydrogen (secondary N) is 1. The van der Waals surface area contributed by atoms with Crippen LogP contribution in [0.25, 0.3) is 22.2 Å². The minimum atomic E-state index is -0.659. The van der Waals surface area contributed by atoms with Gasteiger partial charge in [0.1, 0.15) is 11.3 Å². The molecule has 1 aliphatic heterocycles. The molecule has 1 aliphatic carbocycles. The van der Waals surface area contributed by atoms with Crippen LogP contribution >= 0.6 is 34.8 Å². The van der Waals surface area contributed by atoms with Crippen molar-refractivity contribution < 1.29 is 18.7 Å². The van der Waals surface area contributed by atoms with E-state index in [1.165, 1.54) is 0 Å². The van der Waals surface area contributed by atoms with E-state index < -0.39 is 5.82 Å². The number of halogens is 4. The van der Waals surface area contributed by atoms with Gasteiger partial charge in [-0.3, -0.25) is 9.78 Å². The number of ether oxygens (including phenoxy) is 2. The maximum Gasteiger partial charge on any atom is 0.251 e. The van der Waals surface area contributed by atoms with E-state index in [4.69, 9.17) is 49.3 Å². The molecule has 2 aromatic carbocycles. The maximum atomic E-state index is 14.3. The Labute approximate surface area is 258 Å². The van der Waals surface area contributed by atoms with Crippen LogP contribution in [-0.2, 0) is 11.3 Å². The molecular weight excluding hydrogens is 600 g/mol. The van der Waals surface area contributed by atoms with Crippen LogP contribution in [0.4, 0.5) is 4.39 Å². The molecule has 2 aliphatic rings. The molecule has 10 heteroatoms. The van der Waals surface area contributed by atoms with Crippen LogP contribution in [-0.4, -0.2) is 36.1 Å². The van der Waals surface area contributed by atoms with Gasteiger partial charge >= 0.3 is 0 Å². The van der Waals surface area contributed by atoms with E-state index in [0.29, 0.717) is 64.5 Å². The topological polar surface area (TPSA) is 73.3 Å². The molecule has 218 valence electrons. The first kappa shape index (κ1) is 29.1. The van der Waals surface area contributed by atoms with E-state index in [1.807, 2.05) is 6.92 Å². The van der Waals surface area contributed by atoms with Crippen molar-refractivity contribution in [2.45, 2.75) is 45.1 Å². The summed E-state index contributed by atoms with van der Waals surface area (Å²) in [6, 6.07) is 10.5. The van der Waals surface area contributed by atoms with Crippen LogP contribution in [0.15, 0.2) is 36.4 Å². The molecule has 2 atom stereocenters. The lowest BCUT2D eigenvalue weighted by molar-refractivity contribution is 0.0948. The summed E-state index contributed by atoms with van der Waals surface area (Å²) < 4.78 is 25.7. The van der Waals surface area contributed by atoms with Crippen molar-refractivity contribution >= 4 is 51.6 Å². The summed E-state index contributed by atoms with van der Waals surface area (Å²) in [6.45, 7) is 5.32. The van der Waals surface area contributed by atoms with E-state index in [1.54, 1.807) is 37.4 Å². The lowest BCUT2D eigenvalue weighted by Gasteiger charge is -2.28. The van der Waals surface area contributed by atoms with Gasteiger partial charge in [-0.25, -0.2) is 9.37 Å². The van der Waals surface area contributed by atoms with E-state index >= 15 is 0 Å². The first-order valence-corrected chi connectivity index (χ1v) is 15.0. The lowest BCUT2D eigenvalue weighted by atomic mass is 9.88. The zero-order chi connectivity index (χ0) is 29.7. The molecule has 0 spiro atoms. The number of fused-ring (bicyclic) bond motifs is 2. The Kier molecular flexibility index (Phi) is 8.05. The van der Waals surface area contributed by atoms with Gasteiger partial charge in [0.15, 0.2) is 5.82 Å². The third kappa shape index (κ3) is 5.55. The first-order chi connectivity index (χ1) is 20.1. The summed E-state index contributed by atoms with van der Waals surface area (Å²) in [4.78, 5) is 23.1. The number of benzene rings is 2. The van der Waals surface area contributed by atoms with Crippen molar-refractivity contribution in [2.24, 2.45) is 5.92 Å². The minimum absolute atomic E-state index is 0.0134. The van der Waals surface area contributed by atoms with E-state index in [9.17, 15) is 9.18 Å². The fourth-order valence-corrected chi connectivity index (χ4v) is 6.32. The van der Waals surface area contributed by atoms with E-state index in [0.717, 1.165) is 35.0 Å². The lowest BCUT2D eigenvalue weighted by Crippen LogP contribution is -2.30. The predicted octanol–water partition coefficient (Wildman–Crippen LogP) is 8.27. The highest BCUT2D eigenvalue weighted by Gasteiger charge is 2.35. The zero-order valence-electron chi connectivity index (χ0n) is 23.4. The monoisotopic (exact) mass is 627 g/mol. The van der Waals surface area contributed by atoms with Gasteiger partial charge in [0.25, 0.3) is 5.91 Å². The summed E-state index contributed by atoms with van der Waals surface area (Å²) in [5, 5.41) is 4.25. The summed E-state index contributed by atoms with van der Waals surface area (Å²) in [5.41, 5.74) is 6.05. The molecule has 1 saturated carbocycles. The molecule has 0 radical (unpaired) electrons. The Morgan fingerprint density at radius 2 is 1.83 bits per heavy atom. The summed E-state index contributed by atoms with van der Waals surface area (Å²) in [6.07, 6.45) is 2.10. The van der Waals surface area contributed by atoms with Gasteiger partial charge < -0.3 is 14.8 Å². The number of methoxy groups -OCH3 is 1. The van der Waals surface area contributed by atoms with Crippen LogP contribution < -0.4 is 10.1 Å². The highest BCUT2D eigenvalue weighted by molar-refractivity contribution is 6.35. The van der Waals surface area contributed by atoms with Crippen molar-refractivity contribution in [3.63, 3.8) is 0 Å². The smallest absolute Gasteiger partial charge is 0.251 e. The normalized spacial score (nSPS) is 17.2. The second-order valence-corrected chi connectivity index (χ2v) is 12.3. The Balaban J connectivity index is 1.34. The molecule has 6 nitrogen and oxygen atoms in total. The molecule has 1 amide bonds. The third-order valence-corrected chi connectivity index (χ3v) is 9.06. The van der Waals surface area contributed by atoms with Gasteiger partial charge in [-0.1, -0.05) is 41.7 Å². The number of aromatic nitrogens is 2. The Bertz CT molecular complexity index is 1700. The Morgan fingerprint density at radius 3 is 2.52 bits per heavy atom. The quantitative estimate of drug-likeness (QED) is 0.209. The maximum absolute atomic E-state index is 14.3. The number of aryl methyl sites for hydroxylation is 1. The molecule has 1 N–H and O–H groups in total. The number of nitrogens with zero attached hydrogens (tertiary/aromatic N) is 2. The second-order valence-electron chi connectivity index (χ2n) is 11.1. The minimum Gasteiger partial charge on any atom is -0.494 e. The van der Waals surface area contributed by atoms with E-state index in [-0.39, 0.29) is 27.8 Å². The number of amides is 1. The highest BCUT2D eigenvalue weighted by atomic mass is 35.5. The van der Waals surface area contributed by atoms with Gasteiger partial charge in [0.05, 0.1) is 46.8 Å². The standard InChI is InChI=1S/C32H29Cl3FN3O3/c1-15-13-42-14-23-21(15)11-27(39-30(23)19-8-25(34)29(36)26(35)9-19)22(17-4-5-17)12-37-32(40)20-6-18-7-24(33)16(2)38-31(18)28(10-20)41-3/h6-11,15,17,22H,4-5,12-14H2,1-3H3,(H,37,40). The molecule has 0 bridgehead atoms. The summed E-state index contributed by atoms with van der Waals surface area (Å²) in [7, 11) is 1.55. The SMILES string of the molecule is COc1cc(C(=O)NCC(c2cc3c(c(-c4cc(Cl)c(F)c(Cl)c4)n2)COCC3C)C2CC2)cc2cc(Cl)c(C)nc12. The molecule has 6 rings (SSSR count).